The van der Waals surface area contributed by atoms with Gasteiger partial charge in [-0.15, -0.1) is 0 Å². The lowest BCUT2D eigenvalue weighted by molar-refractivity contribution is -0.135. The number of nitrogens with one attached hydrogen (secondary N) is 1. The van der Waals surface area contributed by atoms with E-state index < -0.39 is 0 Å². The molecule has 0 unspecified atom stereocenters. The number of hydrogen-bond acceptors (Lipinski definition) is 2. The molecule has 3 rings (SSSR count). The van der Waals surface area contributed by atoms with Crippen LogP contribution in [0, 0.1) is 5.41 Å². The van der Waals surface area contributed by atoms with Gasteiger partial charge in [0.2, 0.25) is 5.91 Å². The minimum absolute atomic E-state index is 0.183. The van der Waals surface area contributed by atoms with Crippen molar-refractivity contribution in [3.63, 3.8) is 0 Å². The number of hydrogen-bond donors (Lipinski definition) is 1. The zero-order valence-corrected chi connectivity index (χ0v) is 10.9. The Bertz CT molecular complexity index is 445. The number of benzene rings is 1. The summed E-state index contributed by atoms with van der Waals surface area (Å²) in [5.41, 5.74) is 1.12. The monoisotopic (exact) mass is 244 g/mol. The summed E-state index contributed by atoms with van der Waals surface area (Å²) in [6.07, 6.45) is 0.992. The Hall–Kier alpha value is -1.35. The third kappa shape index (κ3) is 1.57. The fourth-order valence-corrected chi connectivity index (χ4v) is 3.53. The minimum Gasteiger partial charge on any atom is -0.342 e. The zero-order chi connectivity index (χ0) is 12.6. The Morgan fingerprint density at radius 3 is 2.83 bits per heavy atom. The lowest BCUT2D eigenvalue weighted by Crippen LogP contribution is -2.39. The second-order valence-corrected chi connectivity index (χ2v) is 5.39. The predicted octanol–water partition coefficient (Wildman–Crippen LogP) is 1.61. The molecule has 0 aliphatic carbocycles. The third-order valence-corrected chi connectivity index (χ3v) is 4.58. The average molecular weight is 244 g/mol. The molecule has 2 fully saturated rings. The number of likely N-dealkylation sites (tertiary alicyclic amines) is 1. The Kier molecular flexibility index (Phi) is 2.86. The van der Waals surface area contributed by atoms with Crippen molar-refractivity contribution in [3.8, 4) is 0 Å². The van der Waals surface area contributed by atoms with E-state index in [-0.39, 0.29) is 5.41 Å². The van der Waals surface area contributed by atoms with E-state index in [2.05, 4.69) is 36.5 Å². The summed E-state index contributed by atoms with van der Waals surface area (Å²) >= 11 is 0. The van der Waals surface area contributed by atoms with Gasteiger partial charge in [-0.05, 0) is 18.9 Å². The van der Waals surface area contributed by atoms with E-state index in [9.17, 15) is 4.79 Å². The summed E-state index contributed by atoms with van der Waals surface area (Å²) in [5.74, 6) is 0.687. The number of rotatable bonds is 2. The van der Waals surface area contributed by atoms with Crippen LogP contribution in [0.15, 0.2) is 30.3 Å². The van der Waals surface area contributed by atoms with Gasteiger partial charge in [0.05, 0.1) is 5.41 Å². The first-order valence-electron chi connectivity index (χ1n) is 6.83. The van der Waals surface area contributed by atoms with Crippen LogP contribution in [-0.4, -0.2) is 37.0 Å². The molecule has 1 spiro atoms. The van der Waals surface area contributed by atoms with Crippen LogP contribution in [0.25, 0.3) is 0 Å². The van der Waals surface area contributed by atoms with Gasteiger partial charge in [0.25, 0.3) is 0 Å². The highest BCUT2D eigenvalue weighted by Gasteiger charge is 2.54. The van der Waals surface area contributed by atoms with Crippen LogP contribution in [0.4, 0.5) is 0 Å². The molecule has 2 heterocycles. The summed E-state index contributed by atoms with van der Waals surface area (Å²) in [6.45, 7) is 5.58. The van der Waals surface area contributed by atoms with Crippen molar-refractivity contribution in [2.45, 2.75) is 19.3 Å². The molecule has 0 bridgehead atoms. The van der Waals surface area contributed by atoms with Crippen LogP contribution in [-0.2, 0) is 4.79 Å². The average Bonchev–Trinajstić information content (AvgIpc) is 2.98. The summed E-state index contributed by atoms with van der Waals surface area (Å²) in [6, 6.07) is 10.5. The smallest absolute Gasteiger partial charge is 0.230 e. The van der Waals surface area contributed by atoms with Gasteiger partial charge in [-0.3, -0.25) is 4.79 Å². The molecule has 2 saturated heterocycles. The number of carbonyl (C=O) groups is 1. The molecule has 3 nitrogen and oxygen atoms in total. The molecule has 1 amide bonds. The lowest BCUT2D eigenvalue weighted by atomic mass is 9.73. The van der Waals surface area contributed by atoms with Gasteiger partial charge in [0.15, 0.2) is 0 Å². The van der Waals surface area contributed by atoms with Crippen molar-refractivity contribution >= 4 is 5.91 Å². The molecule has 1 N–H and O–H groups in total. The van der Waals surface area contributed by atoms with Gasteiger partial charge in [-0.1, -0.05) is 30.3 Å². The molecule has 0 saturated carbocycles. The summed E-state index contributed by atoms with van der Waals surface area (Å²) in [5, 5.41) is 3.43. The van der Waals surface area contributed by atoms with Crippen LogP contribution in [0.5, 0.6) is 0 Å². The van der Waals surface area contributed by atoms with Crippen LogP contribution in [0.1, 0.15) is 24.8 Å². The second kappa shape index (κ2) is 4.39. The fourth-order valence-electron chi connectivity index (χ4n) is 3.53. The van der Waals surface area contributed by atoms with E-state index in [1.807, 2.05) is 11.0 Å². The zero-order valence-electron chi connectivity index (χ0n) is 10.9. The molecule has 1 aromatic carbocycles. The summed E-state index contributed by atoms with van der Waals surface area (Å²) in [4.78, 5) is 14.6. The van der Waals surface area contributed by atoms with Gasteiger partial charge >= 0.3 is 0 Å². The maximum Gasteiger partial charge on any atom is 0.230 e. The van der Waals surface area contributed by atoms with E-state index >= 15 is 0 Å². The summed E-state index contributed by atoms with van der Waals surface area (Å²) in [7, 11) is 0. The van der Waals surface area contributed by atoms with Crippen molar-refractivity contribution in [3.05, 3.63) is 35.9 Å². The topological polar surface area (TPSA) is 32.3 Å². The van der Waals surface area contributed by atoms with Crippen LogP contribution in [0.3, 0.4) is 0 Å². The first-order chi connectivity index (χ1) is 8.78. The standard InChI is InChI=1S/C15H20N2O/c1-2-17-9-8-15(14(17)18)11-16-10-13(15)12-6-4-3-5-7-12/h3-7,13,16H,2,8-11H2,1H3/t13-,15+/m1/s1. The Balaban J connectivity index is 1.95. The van der Waals surface area contributed by atoms with E-state index in [0.717, 1.165) is 32.6 Å². The number of carbonyl (C=O) groups excluding carboxylic acids is 1. The highest BCUT2D eigenvalue weighted by atomic mass is 16.2. The Morgan fingerprint density at radius 2 is 2.17 bits per heavy atom. The highest BCUT2D eigenvalue weighted by Crippen LogP contribution is 2.46. The molecule has 2 atom stereocenters. The molecule has 0 aromatic heterocycles. The normalized spacial score (nSPS) is 31.5. The highest BCUT2D eigenvalue weighted by molar-refractivity contribution is 5.86. The Labute approximate surface area is 108 Å². The number of nitrogens with zero attached hydrogens (tertiary/aromatic N) is 1. The maximum atomic E-state index is 12.6. The van der Waals surface area contributed by atoms with Gasteiger partial charge in [-0.25, -0.2) is 0 Å². The van der Waals surface area contributed by atoms with Gasteiger partial charge < -0.3 is 10.2 Å². The van der Waals surface area contributed by atoms with Gasteiger partial charge in [0, 0.05) is 32.1 Å². The molecule has 2 aliphatic rings. The van der Waals surface area contributed by atoms with Crippen molar-refractivity contribution in [2.75, 3.05) is 26.2 Å². The SMILES string of the molecule is CCN1CC[C@@]2(CNC[C@@H]2c2ccccc2)C1=O. The molecule has 0 radical (unpaired) electrons. The molecule has 18 heavy (non-hydrogen) atoms. The minimum atomic E-state index is -0.183. The van der Waals surface area contributed by atoms with E-state index in [1.165, 1.54) is 5.56 Å². The number of amides is 1. The first kappa shape index (κ1) is 11.7. The van der Waals surface area contributed by atoms with Crippen LogP contribution >= 0.6 is 0 Å². The molecule has 1 aromatic rings. The molecule has 2 aliphatic heterocycles. The van der Waals surface area contributed by atoms with E-state index in [1.54, 1.807) is 0 Å². The molecule has 96 valence electrons. The van der Waals surface area contributed by atoms with Gasteiger partial charge in [0.1, 0.15) is 0 Å². The Morgan fingerprint density at radius 1 is 1.39 bits per heavy atom. The van der Waals surface area contributed by atoms with Crippen molar-refractivity contribution in [2.24, 2.45) is 5.41 Å². The predicted molar refractivity (Wildman–Crippen MR) is 71.4 cm³/mol. The van der Waals surface area contributed by atoms with Crippen molar-refractivity contribution < 1.29 is 4.79 Å². The van der Waals surface area contributed by atoms with E-state index in [0.29, 0.717) is 11.8 Å². The summed E-state index contributed by atoms with van der Waals surface area (Å²) < 4.78 is 0. The van der Waals surface area contributed by atoms with Crippen LogP contribution < -0.4 is 5.32 Å². The van der Waals surface area contributed by atoms with Crippen molar-refractivity contribution in [1.29, 1.82) is 0 Å². The third-order valence-electron chi connectivity index (χ3n) is 4.58. The van der Waals surface area contributed by atoms with E-state index in [4.69, 9.17) is 0 Å². The van der Waals surface area contributed by atoms with Crippen molar-refractivity contribution in [1.82, 2.24) is 10.2 Å². The van der Waals surface area contributed by atoms with Gasteiger partial charge in [-0.2, -0.15) is 0 Å². The first-order valence-corrected chi connectivity index (χ1v) is 6.83. The quantitative estimate of drug-likeness (QED) is 0.857. The largest absolute Gasteiger partial charge is 0.342 e. The molecular formula is C15H20N2O. The van der Waals surface area contributed by atoms with Crippen LogP contribution in [0.2, 0.25) is 0 Å². The molecule has 3 heteroatoms. The molecular weight excluding hydrogens is 224 g/mol. The maximum absolute atomic E-state index is 12.6. The lowest BCUT2D eigenvalue weighted by Gasteiger charge is -2.29. The second-order valence-electron chi connectivity index (χ2n) is 5.39. The fraction of sp³-hybridized carbons (Fsp3) is 0.533.